The zero-order chi connectivity index (χ0) is 16.2. The Morgan fingerprint density at radius 3 is 2.74 bits per heavy atom. The lowest BCUT2D eigenvalue weighted by Crippen LogP contribution is -2.05. The number of rotatable bonds is 4. The van der Waals surface area contributed by atoms with Crippen LogP contribution in [-0.4, -0.2) is 11.9 Å². The summed E-state index contributed by atoms with van der Waals surface area (Å²) in [5.41, 5.74) is 3.51. The first-order valence-electron chi connectivity index (χ1n) is 7.43. The fourth-order valence-electron chi connectivity index (χ4n) is 2.42. The maximum atomic E-state index is 11.9. The van der Waals surface area contributed by atoms with Gasteiger partial charge in [0.1, 0.15) is 0 Å². The molecule has 1 heterocycles. The van der Waals surface area contributed by atoms with E-state index < -0.39 is 5.97 Å². The lowest BCUT2D eigenvalue weighted by molar-refractivity contribution is -0.130. The number of aryl methyl sites for hydroxylation is 2. The van der Waals surface area contributed by atoms with E-state index in [1.54, 1.807) is 6.08 Å². The Morgan fingerprint density at radius 1 is 1.13 bits per heavy atom. The summed E-state index contributed by atoms with van der Waals surface area (Å²) in [5.74, 6) is 0.0569. The molecule has 0 radical (unpaired) electrons. The maximum absolute atomic E-state index is 11.9. The van der Waals surface area contributed by atoms with Crippen molar-refractivity contribution in [1.29, 1.82) is 0 Å². The Labute approximate surface area is 140 Å². The molecule has 4 heteroatoms. The average Bonchev–Trinajstić information content (AvgIpc) is 2.86. The van der Waals surface area contributed by atoms with Crippen molar-refractivity contribution < 1.29 is 9.53 Å². The van der Waals surface area contributed by atoms with Crippen molar-refractivity contribution in [3.63, 3.8) is 0 Å². The summed E-state index contributed by atoms with van der Waals surface area (Å²) in [6.07, 6.45) is 3.04. The largest absolute Gasteiger partial charge is 0.407 e. The molecule has 23 heavy (non-hydrogen) atoms. The molecule has 3 rings (SSSR count). The zero-order valence-electron chi connectivity index (χ0n) is 12.8. The molecule has 0 unspecified atom stereocenters. The van der Waals surface area contributed by atoms with Crippen molar-refractivity contribution in [2.24, 2.45) is 4.99 Å². The molecular formula is C19H16ClNO2. The number of carbonyl (C=O) groups is 1. The third-order valence-electron chi connectivity index (χ3n) is 3.53. The quantitative estimate of drug-likeness (QED) is 0.609. The number of cyclic esters (lactones) is 1. The van der Waals surface area contributed by atoms with E-state index in [-0.39, 0.29) is 0 Å². The van der Waals surface area contributed by atoms with Gasteiger partial charge in [0.15, 0.2) is 11.6 Å². The number of halogens is 1. The number of nitrogens with zero attached hydrogens (tertiary/aromatic N) is 1. The first-order chi connectivity index (χ1) is 11.1. The summed E-state index contributed by atoms with van der Waals surface area (Å²) in [6, 6.07) is 15.5. The Kier molecular flexibility index (Phi) is 4.58. The summed E-state index contributed by atoms with van der Waals surface area (Å²) in [4.78, 5) is 16.2. The second kappa shape index (κ2) is 6.80. The lowest BCUT2D eigenvalue weighted by atomic mass is 10.1. The molecule has 2 aromatic rings. The molecule has 116 valence electrons. The molecule has 0 amide bonds. The van der Waals surface area contributed by atoms with Crippen LogP contribution in [0.3, 0.4) is 0 Å². The lowest BCUT2D eigenvalue weighted by Gasteiger charge is -2.01. The van der Waals surface area contributed by atoms with Crippen molar-refractivity contribution >= 4 is 29.5 Å². The Morgan fingerprint density at radius 2 is 1.96 bits per heavy atom. The van der Waals surface area contributed by atoms with Crippen LogP contribution in [0.15, 0.2) is 59.2 Å². The van der Waals surface area contributed by atoms with E-state index in [4.69, 9.17) is 16.3 Å². The second-order valence-corrected chi connectivity index (χ2v) is 5.91. The Balaban J connectivity index is 1.71. The summed E-state index contributed by atoms with van der Waals surface area (Å²) >= 11 is 5.96. The summed E-state index contributed by atoms with van der Waals surface area (Å²) in [6.45, 7) is 2.01. The molecule has 0 spiro atoms. The molecule has 3 nitrogen and oxygen atoms in total. The normalized spacial score (nSPS) is 15.7. The smallest absolute Gasteiger partial charge is 0.363 e. The molecule has 0 saturated heterocycles. The van der Waals surface area contributed by atoms with E-state index in [9.17, 15) is 4.79 Å². The molecule has 0 aromatic heterocycles. The van der Waals surface area contributed by atoms with Gasteiger partial charge in [-0.15, -0.1) is 0 Å². The minimum atomic E-state index is -0.396. The Bertz CT molecular complexity index is 809. The predicted molar refractivity (Wildman–Crippen MR) is 92.5 cm³/mol. The molecule has 2 aromatic carbocycles. The van der Waals surface area contributed by atoms with Crippen LogP contribution in [-0.2, 0) is 16.0 Å². The minimum absolute atomic E-state index is 0.344. The van der Waals surface area contributed by atoms with Gasteiger partial charge in [0.25, 0.3) is 0 Å². The number of benzene rings is 2. The number of ether oxygens (including phenoxy) is 1. The fraction of sp³-hybridized carbons (Fsp3) is 0.158. The van der Waals surface area contributed by atoms with Gasteiger partial charge in [-0.2, -0.15) is 0 Å². The van der Waals surface area contributed by atoms with Crippen molar-refractivity contribution in [2.45, 2.75) is 19.8 Å². The van der Waals surface area contributed by atoms with Gasteiger partial charge >= 0.3 is 5.97 Å². The first kappa shape index (κ1) is 15.5. The van der Waals surface area contributed by atoms with Crippen molar-refractivity contribution in [3.05, 3.63) is 75.9 Å². The zero-order valence-corrected chi connectivity index (χ0v) is 13.5. The van der Waals surface area contributed by atoms with Gasteiger partial charge in [-0.25, -0.2) is 9.79 Å². The predicted octanol–water partition coefficient (Wildman–Crippen LogP) is 4.58. The summed E-state index contributed by atoms with van der Waals surface area (Å²) in [7, 11) is 0. The van der Waals surface area contributed by atoms with Gasteiger partial charge in [0, 0.05) is 11.4 Å². The Hall–Kier alpha value is -2.39. The highest BCUT2D eigenvalue weighted by Gasteiger charge is 2.22. The third kappa shape index (κ3) is 4.08. The fourth-order valence-corrected chi connectivity index (χ4v) is 2.63. The highest BCUT2D eigenvalue weighted by molar-refractivity contribution is 6.30. The van der Waals surface area contributed by atoms with Crippen LogP contribution >= 0.6 is 11.6 Å². The summed E-state index contributed by atoms with van der Waals surface area (Å²) < 4.78 is 5.24. The van der Waals surface area contributed by atoms with Gasteiger partial charge in [-0.1, -0.05) is 53.6 Å². The third-order valence-corrected chi connectivity index (χ3v) is 3.76. The number of hydrogen-bond acceptors (Lipinski definition) is 3. The summed E-state index contributed by atoms with van der Waals surface area (Å²) in [5, 5.41) is 0.702. The van der Waals surface area contributed by atoms with E-state index in [1.165, 1.54) is 0 Å². The van der Waals surface area contributed by atoms with E-state index in [2.05, 4.69) is 4.99 Å². The van der Waals surface area contributed by atoms with Crippen LogP contribution in [0.5, 0.6) is 0 Å². The van der Waals surface area contributed by atoms with Crippen LogP contribution in [0, 0.1) is 6.92 Å². The van der Waals surface area contributed by atoms with E-state index in [0.29, 0.717) is 23.0 Å². The molecule has 0 atom stereocenters. The van der Waals surface area contributed by atoms with Crippen molar-refractivity contribution in [1.82, 2.24) is 0 Å². The monoisotopic (exact) mass is 325 g/mol. The van der Waals surface area contributed by atoms with Gasteiger partial charge in [-0.05, 0) is 42.7 Å². The number of aliphatic imine (C=N–C) groups is 1. The topological polar surface area (TPSA) is 38.7 Å². The number of hydrogen-bond donors (Lipinski definition) is 0. The van der Waals surface area contributed by atoms with Crippen LogP contribution < -0.4 is 0 Å². The van der Waals surface area contributed by atoms with Crippen LogP contribution in [0.4, 0.5) is 0 Å². The SMILES string of the molecule is Cc1cccc(/C=C2/N=C(CCc3cccc(Cl)c3)OC2=O)c1. The highest BCUT2D eigenvalue weighted by Crippen LogP contribution is 2.19. The molecule has 0 saturated carbocycles. The van der Waals surface area contributed by atoms with Crippen LogP contribution in [0.1, 0.15) is 23.1 Å². The molecule has 0 aliphatic carbocycles. The molecule has 0 fully saturated rings. The second-order valence-electron chi connectivity index (χ2n) is 5.47. The highest BCUT2D eigenvalue weighted by atomic mass is 35.5. The van der Waals surface area contributed by atoms with E-state index >= 15 is 0 Å². The van der Waals surface area contributed by atoms with Gasteiger partial charge in [0.05, 0.1) is 0 Å². The first-order valence-corrected chi connectivity index (χ1v) is 7.80. The van der Waals surface area contributed by atoms with Crippen LogP contribution in [0.25, 0.3) is 6.08 Å². The maximum Gasteiger partial charge on any atom is 0.363 e. The van der Waals surface area contributed by atoms with E-state index in [1.807, 2.05) is 55.5 Å². The molecule has 1 aliphatic rings. The number of carbonyl (C=O) groups excluding carboxylic acids is 1. The van der Waals surface area contributed by atoms with Gasteiger partial charge in [-0.3, -0.25) is 0 Å². The molecule has 0 bridgehead atoms. The average molecular weight is 326 g/mol. The molecule has 0 N–H and O–H groups in total. The van der Waals surface area contributed by atoms with E-state index in [0.717, 1.165) is 23.1 Å². The molecule has 1 aliphatic heterocycles. The number of esters is 1. The molecular weight excluding hydrogens is 310 g/mol. The minimum Gasteiger partial charge on any atom is -0.407 e. The van der Waals surface area contributed by atoms with Crippen molar-refractivity contribution in [2.75, 3.05) is 0 Å². The van der Waals surface area contributed by atoms with Crippen LogP contribution in [0.2, 0.25) is 5.02 Å². The van der Waals surface area contributed by atoms with Gasteiger partial charge in [0.2, 0.25) is 0 Å². The standard InChI is InChI=1S/C19H16ClNO2/c1-13-4-2-6-15(10-13)12-17-19(22)23-18(21-17)9-8-14-5-3-7-16(20)11-14/h2-7,10-12H,8-9H2,1H3/b17-12+. The van der Waals surface area contributed by atoms with Gasteiger partial charge < -0.3 is 4.74 Å². The van der Waals surface area contributed by atoms with Crippen molar-refractivity contribution in [3.8, 4) is 0 Å².